The molecule has 0 aliphatic carbocycles. The molecule has 1 fully saturated rings. The Morgan fingerprint density at radius 1 is 1.33 bits per heavy atom. The zero-order valence-corrected chi connectivity index (χ0v) is 13.1. The number of hydrogen-bond acceptors (Lipinski definition) is 4. The van der Waals surface area contributed by atoms with E-state index < -0.39 is 9.84 Å². The number of amides is 1. The van der Waals surface area contributed by atoms with Gasteiger partial charge in [0.05, 0.1) is 18.1 Å². The summed E-state index contributed by atoms with van der Waals surface area (Å²) >= 11 is 0. The van der Waals surface area contributed by atoms with E-state index >= 15 is 0 Å². The number of carbonyl (C=O) groups excluding carboxylic acids is 1. The normalized spacial score (nSPS) is 20.6. The van der Waals surface area contributed by atoms with Crippen molar-refractivity contribution in [3.8, 4) is 0 Å². The van der Waals surface area contributed by atoms with E-state index in [1.54, 1.807) is 0 Å². The maximum absolute atomic E-state index is 11.9. The molecule has 1 amide bonds. The van der Waals surface area contributed by atoms with E-state index in [0.717, 1.165) is 13.0 Å². The third kappa shape index (κ3) is 5.47. The van der Waals surface area contributed by atoms with Crippen LogP contribution in [0, 0.1) is 0 Å². The largest absolute Gasteiger partial charge is 0.351 e. The topological polar surface area (TPSA) is 66.5 Å². The lowest BCUT2D eigenvalue weighted by molar-refractivity contribution is -0.122. The quantitative estimate of drug-likeness (QED) is 0.829. The lowest BCUT2D eigenvalue weighted by Crippen LogP contribution is -2.42. The van der Waals surface area contributed by atoms with Gasteiger partial charge in [0.25, 0.3) is 0 Å². The van der Waals surface area contributed by atoms with Gasteiger partial charge in [-0.05, 0) is 25.5 Å². The van der Waals surface area contributed by atoms with Gasteiger partial charge in [0, 0.05) is 12.6 Å². The van der Waals surface area contributed by atoms with E-state index in [9.17, 15) is 13.2 Å². The van der Waals surface area contributed by atoms with Crippen LogP contribution in [0.2, 0.25) is 0 Å². The molecule has 1 unspecified atom stereocenters. The Balaban J connectivity index is 1.70. The van der Waals surface area contributed by atoms with Crippen LogP contribution in [-0.2, 0) is 21.1 Å². The summed E-state index contributed by atoms with van der Waals surface area (Å²) in [6, 6.07) is 9.90. The van der Waals surface area contributed by atoms with Crippen molar-refractivity contribution < 1.29 is 13.2 Å². The summed E-state index contributed by atoms with van der Waals surface area (Å²) in [5.74, 6) is 0.154. The molecule has 116 valence electrons. The van der Waals surface area contributed by atoms with Crippen molar-refractivity contribution in [3.05, 3.63) is 35.9 Å². The Labute approximate surface area is 126 Å². The third-order valence-electron chi connectivity index (χ3n) is 3.64. The highest BCUT2D eigenvalue weighted by Crippen LogP contribution is 2.11. The molecule has 1 heterocycles. The fourth-order valence-corrected chi connectivity index (χ4v) is 4.14. The Bertz CT molecular complexity index is 572. The van der Waals surface area contributed by atoms with E-state index in [1.807, 2.05) is 30.1 Å². The highest BCUT2D eigenvalue weighted by molar-refractivity contribution is 7.91. The molecule has 0 spiro atoms. The van der Waals surface area contributed by atoms with Gasteiger partial charge in [-0.2, -0.15) is 0 Å². The third-order valence-corrected chi connectivity index (χ3v) is 5.40. The van der Waals surface area contributed by atoms with Crippen LogP contribution in [0.15, 0.2) is 30.3 Å². The van der Waals surface area contributed by atoms with Crippen molar-refractivity contribution in [2.24, 2.45) is 0 Å². The summed E-state index contributed by atoms with van der Waals surface area (Å²) in [6.07, 6.45) is 1.42. The zero-order valence-electron chi connectivity index (χ0n) is 12.3. The second-order valence-corrected chi connectivity index (χ2v) is 7.87. The van der Waals surface area contributed by atoms with E-state index in [4.69, 9.17) is 0 Å². The van der Waals surface area contributed by atoms with Crippen molar-refractivity contribution in [1.29, 1.82) is 0 Å². The average molecular weight is 310 g/mol. The fourth-order valence-electron chi connectivity index (χ4n) is 2.47. The van der Waals surface area contributed by atoms with Crippen LogP contribution in [0.5, 0.6) is 0 Å². The molecular weight excluding hydrogens is 288 g/mol. The Hall–Kier alpha value is -1.40. The first kappa shape index (κ1) is 16.0. The molecule has 21 heavy (non-hydrogen) atoms. The standard InChI is InChI=1S/C15H22N2O3S/c1-17(9-7-13-5-3-2-4-6-13)11-15(18)16-14-8-10-21(19,20)12-14/h2-6,14H,7-12H2,1H3,(H,16,18). The first-order valence-corrected chi connectivity index (χ1v) is 8.99. The molecule has 1 aliphatic heterocycles. The molecule has 0 saturated carbocycles. The molecule has 1 aliphatic rings. The minimum Gasteiger partial charge on any atom is -0.351 e. The van der Waals surface area contributed by atoms with Gasteiger partial charge in [-0.1, -0.05) is 30.3 Å². The molecule has 0 aromatic heterocycles. The lowest BCUT2D eigenvalue weighted by Gasteiger charge is -2.18. The molecule has 1 saturated heterocycles. The van der Waals surface area contributed by atoms with Crippen LogP contribution in [0.4, 0.5) is 0 Å². The van der Waals surface area contributed by atoms with Gasteiger partial charge in [0.2, 0.25) is 5.91 Å². The average Bonchev–Trinajstić information content (AvgIpc) is 2.76. The number of nitrogens with one attached hydrogen (secondary N) is 1. The SMILES string of the molecule is CN(CCc1ccccc1)CC(=O)NC1CCS(=O)(=O)C1. The van der Waals surface area contributed by atoms with Crippen molar-refractivity contribution >= 4 is 15.7 Å². The van der Waals surface area contributed by atoms with E-state index in [0.29, 0.717) is 13.0 Å². The molecular formula is C15H22N2O3S. The van der Waals surface area contributed by atoms with E-state index in [-0.39, 0.29) is 23.5 Å². The number of benzene rings is 1. The van der Waals surface area contributed by atoms with Crippen molar-refractivity contribution in [2.75, 3.05) is 31.6 Å². The molecule has 6 heteroatoms. The van der Waals surface area contributed by atoms with Crippen molar-refractivity contribution in [1.82, 2.24) is 10.2 Å². The van der Waals surface area contributed by atoms with Gasteiger partial charge in [0.1, 0.15) is 0 Å². The molecule has 1 aromatic rings. The highest BCUT2D eigenvalue weighted by atomic mass is 32.2. The summed E-state index contributed by atoms with van der Waals surface area (Å²) in [5.41, 5.74) is 1.24. The van der Waals surface area contributed by atoms with Crippen LogP contribution >= 0.6 is 0 Å². The molecule has 0 radical (unpaired) electrons. The van der Waals surface area contributed by atoms with E-state index in [2.05, 4.69) is 17.4 Å². The second kappa shape index (κ2) is 7.04. The summed E-state index contributed by atoms with van der Waals surface area (Å²) in [5, 5.41) is 2.80. The van der Waals surface area contributed by atoms with Crippen LogP contribution in [-0.4, -0.2) is 56.9 Å². The zero-order chi connectivity index (χ0) is 15.3. The fraction of sp³-hybridized carbons (Fsp3) is 0.533. The van der Waals surface area contributed by atoms with Gasteiger partial charge in [-0.15, -0.1) is 0 Å². The van der Waals surface area contributed by atoms with Crippen LogP contribution in [0.3, 0.4) is 0 Å². The smallest absolute Gasteiger partial charge is 0.234 e. The monoisotopic (exact) mass is 310 g/mol. The maximum atomic E-state index is 11.9. The Kier molecular flexibility index (Phi) is 5.36. The highest BCUT2D eigenvalue weighted by Gasteiger charge is 2.28. The first-order chi connectivity index (χ1) is 9.94. The minimum atomic E-state index is -2.94. The maximum Gasteiger partial charge on any atom is 0.234 e. The molecule has 5 nitrogen and oxygen atoms in total. The van der Waals surface area contributed by atoms with Gasteiger partial charge in [0.15, 0.2) is 9.84 Å². The minimum absolute atomic E-state index is 0.0759. The van der Waals surface area contributed by atoms with Gasteiger partial charge >= 0.3 is 0 Å². The Morgan fingerprint density at radius 3 is 2.67 bits per heavy atom. The summed E-state index contributed by atoms with van der Waals surface area (Å²) < 4.78 is 22.7. The summed E-state index contributed by atoms with van der Waals surface area (Å²) in [6.45, 7) is 1.09. The Morgan fingerprint density at radius 2 is 2.05 bits per heavy atom. The number of carbonyl (C=O) groups is 1. The predicted octanol–water partition coefficient (Wildman–Crippen LogP) is 0.464. The molecule has 0 bridgehead atoms. The van der Waals surface area contributed by atoms with Crippen LogP contribution < -0.4 is 5.32 Å². The van der Waals surface area contributed by atoms with Crippen molar-refractivity contribution in [2.45, 2.75) is 18.9 Å². The molecule has 1 atom stereocenters. The lowest BCUT2D eigenvalue weighted by atomic mass is 10.1. The van der Waals surface area contributed by atoms with Gasteiger partial charge in [-0.3, -0.25) is 9.69 Å². The number of hydrogen-bond donors (Lipinski definition) is 1. The van der Waals surface area contributed by atoms with E-state index in [1.165, 1.54) is 5.56 Å². The number of likely N-dealkylation sites (N-methyl/N-ethyl adjacent to an activating group) is 1. The predicted molar refractivity (Wildman–Crippen MR) is 82.8 cm³/mol. The van der Waals surface area contributed by atoms with Gasteiger partial charge in [-0.25, -0.2) is 8.42 Å². The first-order valence-electron chi connectivity index (χ1n) is 7.17. The number of nitrogens with zero attached hydrogens (tertiary/aromatic N) is 1. The summed E-state index contributed by atoms with van der Waals surface area (Å²) in [4.78, 5) is 13.8. The molecule has 1 aromatic carbocycles. The molecule has 1 N–H and O–H groups in total. The second-order valence-electron chi connectivity index (χ2n) is 5.64. The van der Waals surface area contributed by atoms with Gasteiger partial charge < -0.3 is 5.32 Å². The number of sulfone groups is 1. The van der Waals surface area contributed by atoms with Crippen LogP contribution in [0.1, 0.15) is 12.0 Å². The van der Waals surface area contributed by atoms with Crippen molar-refractivity contribution in [3.63, 3.8) is 0 Å². The number of rotatable bonds is 6. The van der Waals surface area contributed by atoms with Crippen LogP contribution in [0.25, 0.3) is 0 Å². The molecule has 2 rings (SSSR count). The summed E-state index contributed by atoms with van der Waals surface area (Å²) in [7, 11) is -1.05.